The Hall–Kier alpha value is -4.01. The molecule has 0 radical (unpaired) electrons. The van der Waals surface area contributed by atoms with Crippen LogP contribution in [-0.4, -0.2) is 38.6 Å². The lowest BCUT2D eigenvalue weighted by molar-refractivity contribution is -0.137. The number of methoxy groups -OCH3 is 1. The first kappa shape index (κ1) is 26.1. The number of halogens is 3. The summed E-state index contributed by atoms with van der Waals surface area (Å²) < 4.78 is 47.3. The lowest BCUT2D eigenvalue weighted by Gasteiger charge is -2.28. The van der Waals surface area contributed by atoms with E-state index in [4.69, 9.17) is 4.74 Å². The van der Waals surface area contributed by atoms with Gasteiger partial charge in [0.05, 0.1) is 30.3 Å². The number of hydrogen-bond acceptors (Lipinski definition) is 4. The van der Waals surface area contributed by atoms with Crippen molar-refractivity contribution in [1.82, 2.24) is 14.5 Å². The lowest BCUT2D eigenvalue weighted by atomic mass is 10.0. The van der Waals surface area contributed by atoms with E-state index < -0.39 is 11.7 Å². The van der Waals surface area contributed by atoms with Gasteiger partial charge < -0.3 is 14.7 Å². The minimum atomic E-state index is -4.51. The number of carbonyl (C=O) groups excluding carboxylic acids is 1. The average Bonchev–Trinajstić information content (AvgIpc) is 3.18. The van der Waals surface area contributed by atoms with Crippen molar-refractivity contribution in [1.29, 1.82) is 0 Å². The van der Waals surface area contributed by atoms with E-state index in [2.05, 4.69) is 4.98 Å². The molecule has 4 aromatic rings. The van der Waals surface area contributed by atoms with Gasteiger partial charge in [0, 0.05) is 17.3 Å². The van der Waals surface area contributed by atoms with E-state index in [1.54, 1.807) is 54.7 Å². The van der Waals surface area contributed by atoms with E-state index in [1.165, 1.54) is 18.2 Å². The highest BCUT2D eigenvalue weighted by molar-refractivity contribution is 5.97. The molecular formula is C28H28F3N3O3. The highest BCUT2D eigenvalue weighted by Crippen LogP contribution is 2.33. The Labute approximate surface area is 212 Å². The summed E-state index contributed by atoms with van der Waals surface area (Å²) in [6, 6.07) is 13.4. The van der Waals surface area contributed by atoms with Crippen LogP contribution in [0.25, 0.3) is 16.7 Å². The number of alkyl halides is 3. The SMILES string of the molecule is COc1ccc(-n2c(CN(C(=O)c3c(C)cc(O)cc3C)C(C)C)nc3cc(C(F)(F)F)ccc32)cc1. The predicted molar refractivity (Wildman–Crippen MR) is 135 cm³/mol. The van der Waals surface area contributed by atoms with Crippen LogP contribution in [0.1, 0.15) is 46.7 Å². The molecule has 0 saturated carbocycles. The molecule has 1 amide bonds. The average molecular weight is 512 g/mol. The van der Waals surface area contributed by atoms with E-state index in [-0.39, 0.29) is 29.8 Å². The fourth-order valence-corrected chi connectivity index (χ4v) is 4.49. The molecule has 0 saturated heterocycles. The van der Waals surface area contributed by atoms with Gasteiger partial charge in [-0.3, -0.25) is 9.36 Å². The van der Waals surface area contributed by atoms with Crippen LogP contribution in [0.15, 0.2) is 54.6 Å². The van der Waals surface area contributed by atoms with Crippen molar-refractivity contribution >= 4 is 16.9 Å². The molecule has 9 heteroatoms. The summed E-state index contributed by atoms with van der Waals surface area (Å²) in [6.45, 7) is 7.29. The third-order valence-electron chi connectivity index (χ3n) is 6.31. The van der Waals surface area contributed by atoms with Gasteiger partial charge in [0.15, 0.2) is 0 Å². The predicted octanol–water partition coefficient (Wildman–Crippen LogP) is 6.43. The molecule has 37 heavy (non-hydrogen) atoms. The van der Waals surface area contributed by atoms with Gasteiger partial charge in [0.1, 0.15) is 17.3 Å². The third kappa shape index (κ3) is 5.12. The number of hydrogen-bond donors (Lipinski definition) is 1. The highest BCUT2D eigenvalue weighted by Gasteiger charge is 2.32. The minimum absolute atomic E-state index is 0.0539. The van der Waals surface area contributed by atoms with Gasteiger partial charge in [-0.2, -0.15) is 13.2 Å². The van der Waals surface area contributed by atoms with Crippen molar-refractivity contribution in [3.8, 4) is 17.2 Å². The number of rotatable bonds is 6. The van der Waals surface area contributed by atoms with E-state index in [0.29, 0.717) is 39.5 Å². The molecule has 1 N–H and O–H groups in total. The molecular weight excluding hydrogens is 483 g/mol. The van der Waals surface area contributed by atoms with Gasteiger partial charge in [0.2, 0.25) is 0 Å². The molecule has 0 aliphatic heterocycles. The molecule has 0 aliphatic carbocycles. The maximum Gasteiger partial charge on any atom is 0.416 e. The summed E-state index contributed by atoms with van der Waals surface area (Å²) in [5.74, 6) is 0.862. The number of ether oxygens (including phenoxy) is 1. The van der Waals surface area contributed by atoms with Gasteiger partial charge in [-0.05, 0) is 93.4 Å². The van der Waals surface area contributed by atoms with E-state index >= 15 is 0 Å². The Morgan fingerprint density at radius 3 is 2.22 bits per heavy atom. The van der Waals surface area contributed by atoms with Crippen LogP contribution in [0.2, 0.25) is 0 Å². The fourth-order valence-electron chi connectivity index (χ4n) is 4.49. The first-order chi connectivity index (χ1) is 17.4. The molecule has 0 atom stereocenters. The maximum absolute atomic E-state index is 13.7. The number of benzene rings is 3. The number of imidazole rings is 1. The molecule has 1 aromatic heterocycles. The van der Waals surface area contributed by atoms with Crippen LogP contribution in [-0.2, 0) is 12.7 Å². The summed E-state index contributed by atoms with van der Waals surface area (Å²) in [6.07, 6.45) is -4.51. The third-order valence-corrected chi connectivity index (χ3v) is 6.31. The monoisotopic (exact) mass is 511 g/mol. The summed E-state index contributed by atoms with van der Waals surface area (Å²) in [4.78, 5) is 19.9. The smallest absolute Gasteiger partial charge is 0.416 e. The zero-order chi connectivity index (χ0) is 27.1. The number of aromatic nitrogens is 2. The van der Waals surface area contributed by atoms with Crippen LogP contribution < -0.4 is 4.74 Å². The highest BCUT2D eigenvalue weighted by atomic mass is 19.4. The normalized spacial score (nSPS) is 11.8. The van der Waals surface area contributed by atoms with Crippen molar-refractivity contribution in [3.05, 3.63) is 82.7 Å². The number of carbonyl (C=O) groups is 1. The summed E-state index contributed by atoms with van der Waals surface area (Å²) in [7, 11) is 1.55. The van der Waals surface area contributed by atoms with Crippen LogP contribution in [0.3, 0.4) is 0 Å². The molecule has 0 spiro atoms. The summed E-state index contributed by atoms with van der Waals surface area (Å²) in [5, 5.41) is 9.92. The van der Waals surface area contributed by atoms with Gasteiger partial charge in [0.25, 0.3) is 5.91 Å². The van der Waals surface area contributed by atoms with Gasteiger partial charge >= 0.3 is 6.18 Å². The van der Waals surface area contributed by atoms with Gasteiger partial charge in [-0.15, -0.1) is 0 Å². The van der Waals surface area contributed by atoms with E-state index in [9.17, 15) is 23.1 Å². The number of aryl methyl sites for hydroxylation is 2. The number of nitrogens with zero attached hydrogens (tertiary/aromatic N) is 3. The Balaban J connectivity index is 1.86. The maximum atomic E-state index is 13.7. The molecule has 0 unspecified atom stereocenters. The van der Waals surface area contributed by atoms with Crippen molar-refractivity contribution in [3.63, 3.8) is 0 Å². The molecule has 0 aliphatic rings. The first-order valence-electron chi connectivity index (χ1n) is 11.7. The van der Waals surface area contributed by atoms with E-state index in [0.717, 1.165) is 12.1 Å². The van der Waals surface area contributed by atoms with Gasteiger partial charge in [-0.25, -0.2) is 4.98 Å². The van der Waals surface area contributed by atoms with Crippen molar-refractivity contribution in [2.45, 2.75) is 46.5 Å². The van der Waals surface area contributed by atoms with Crippen molar-refractivity contribution in [2.75, 3.05) is 7.11 Å². The van der Waals surface area contributed by atoms with Crippen LogP contribution in [0, 0.1) is 13.8 Å². The number of phenols is 1. The van der Waals surface area contributed by atoms with E-state index in [1.807, 2.05) is 13.8 Å². The number of phenolic OH excluding ortho intramolecular Hbond substituents is 1. The molecule has 0 fully saturated rings. The lowest BCUT2D eigenvalue weighted by Crippen LogP contribution is -2.38. The Kier molecular flexibility index (Phi) is 6.90. The molecule has 0 bridgehead atoms. The largest absolute Gasteiger partial charge is 0.508 e. The standard InChI is InChI=1S/C28H28F3N3O3/c1-16(2)33(27(36)26-17(3)12-21(35)13-18(26)4)15-25-32-23-14-19(28(29,30)31)6-11-24(23)34(25)20-7-9-22(37-5)10-8-20/h6-14,16,35H,15H2,1-5H3. The molecule has 4 rings (SSSR count). The van der Waals surface area contributed by atoms with Crippen molar-refractivity contribution < 1.29 is 27.8 Å². The number of fused-ring (bicyclic) bond motifs is 1. The molecule has 6 nitrogen and oxygen atoms in total. The van der Waals surface area contributed by atoms with Gasteiger partial charge in [-0.1, -0.05) is 0 Å². The quantitative estimate of drug-likeness (QED) is 0.324. The molecule has 194 valence electrons. The van der Waals surface area contributed by atoms with Crippen LogP contribution >= 0.6 is 0 Å². The Morgan fingerprint density at radius 1 is 1.05 bits per heavy atom. The second-order valence-corrected chi connectivity index (χ2v) is 9.24. The zero-order valence-electron chi connectivity index (χ0n) is 21.2. The number of aromatic hydroxyl groups is 1. The number of amides is 1. The Bertz CT molecular complexity index is 1430. The summed E-state index contributed by atoms with van der Waals surface area (Å²) in [5.41, 5.74) is 2.27. The molecule has 3 aromatic carbocycles. The Morgan fingerprint density at radius 2 is 1.68 bits per heavy atom. The topological polar surface area (TPSA) is 67.6 Å². The second kappa shape index (κ2) is 9.80. The fraction of sp³-hybridized carbons (Fsp3) is 0.286. The minimum Gasteiger partial charge on any atom is -0.508 e. The molecule has 1 heterocycles. The van der Waals surface area contributed by atoms with Crippen molar-refractivity contribution in [2.24, 2.45) is 0 Å². The second-order valence-electron chi connectivity index (χ2n) is 9.24. The summed E-state index contributed by atoms with van der Waals surface area (Å²) >= 11 is 0. The zero-order valence-corrected chi connectivity index (χ0v) is 21.2. The van der Waals surface area contributed by atoms with Crippen LogP contribution in [0.4, 0.5) is 13.2 Å². The first-order valence-corrected chi connectivity index (χ1v) is 11.7. The van der Waals surface area contributed by atoms with Crippen LogP contribution in [0.5, 0.6) is 11.5 Å².